The Kier molecular flexibility index (Phi) is 7.48. The van der Waals surface area contributed by atoms with Crippen molar-refractivity contribution in [1.29, 1.82) is 0 Å². The number of fused-ring (bicyclic) bond motifs is 1. The van der Waals surface area contributed by atoms with E-state index in [0.717, 1.165) is 24.8 Å². The zero-order chi connectivity index (χ0) is 25.9. The van der Waals surface area contributed by atoms with Crippen LogP contribution < -0.4 is 10.2 Å². The van der Waals surface area contributed by atoms with Gasteiger partial charge >= 0.3 is 12.1 Å². The van der Waals surface area contributed by atoms with E-state index < -0.39 is 12.1 Å². The number of carboxylic acid groups (broad SMARTS) is 1. The van der Waals surface area contributed by atoms with Gasteiger partial charge in [-0.25, -0.2) is 9.78 Å². The fourth-order valence-corrected chi connectivity index (χ4v) is 4.82. The monoisotopic (exact) mass is 503 g/mol. The molecule has 2 saturated heterocycles. The Morgan fingerprint density at radius 1 is 1.08 bits per heavy atom. The van der Waals surface area contributed by atoms with Crippen LogP contribution >= 0.6 is 0 Å². The molecule has 5 rings (SSSR count). The minimum Gasteiger partial charge on any atom is -0.475 e. The van der Waals surface area contributed by atoms with Crippen LogP contribution in [0.2, 0.25) is 0 Å². The Morgan fingerprint density at radius 3 is 2.44 bits per heavy atom. The summed E-state index contributed by atoms with van der Waals surface area (Å²) in [5, 5.41) is 10.1. The van der Waals surface area contributed by atoms with Crippen LogP contribution in [-0.2, 0) is 4.79 Å². The number of halogens is 3. The first-order chi connectivity index (χ1) is 17.1. The second-order valence-electron chi connectivity index (χ2n) is 9.00. The van der Waals surface area contributed by atoms with Crippen molar-refractivity contribution in [3.05, 3.63) is 60.6 Å². The van der Waals surface area contributed by atoms with E-state index in [0.29, 0.717) is 17.3 Å². The SMILES string of the molecule is CC1CCCN1C1CCN(c2ccc(NC(=O)c3cccn4ccnc34)cc2)C1.O=C(O)C(F)(F)F. The Bertz CT molecular complexity index is 1210. The number of amides is 1. The zero-order valence-corrected chi connectivity index (χ0v) is 19.8. The lowest BCUT2D eigenvalue weighted by Gasteiger charge is -2.28. The highest BCUT2D eigenvalue weighted by Gasteiger charge is 2.38. The third-order valence-electron chi connectivity index (χ3n) is 6.63. The standard InChI is InChI=1S/C23H27N5O.C2HF3O2/c1-17-4-2-13-28(17)20-10-14-27(16-20)19-8-6-18(7-9-19)25-23(29)21-5-3-12-26-15-11-24-22(21)26;3-2(4,5)1(6)7/h3,5-9,11-12,15,17,20H,2,4,10,13-14,16H2,1H3,(H,25,29);(H,6,7). The van der Waals surface area contributed by atoms with Gasteiger partial charge in [0, 0.05) is 55.1 Å². The van der Waals surface area contributed by atoms with E-state index in [1.807, 2.05) is 35.0 Å². The van der Waals surface area contributed by atoms with E-state index in [4.69, 9.17) is 9.90 Å². The summed E-state index contributed by atoms with van der Waals surface area (Å²) in [6, 6.07) is 13.3. The molecular weight excluding hydrogens is 475 g/mol. The van der Waals surface area contributed by atoms with Gasteiger partial charge in [-0.05, 0) is 69.1 Å². The molecule has 0 spiro atoms. The molecule has 2 unspecified atom stereocenters. The summed E-state index contributed by atoms with van der Waals surface area (Å²) < 4.78 is 33.6. The lowest BCUT2D eigenvalue weighted by molar-refractivity contribution is -0.192. The molecule has 0 saturated carbocycles. The second kappa shape index (κ2) is 10.6. The molecule has 3 aromatic rings. The molecule has 11 heteroatoms. The Morgan fingerprint density at radius 2 is 1.81 bits per heavy atom. The number of aliphatic carboxylic acids is 1. The summed E-state index contributed by atoms with van der Waals surface area (Å²) in [5.41, 5.74) is 3.27. The minimum absolute atomic E-state index is 0.140. The molecule has 2 aliphatic heterocycles. The van der Waals surface area contributed by atoms with Gasteiger partial charge in [0.05, 0.1) is 5.56 Å². The Hall–Kier alpha value is -3.60. The highest BCUT2D eigenvalue weighted by molar-refractivity contribution is 6.08. The van der Waals surface area contributed by atoms with Gasteiger partial charge < -0.3 is 19.7 Å². The van der Waals surface area contributed by atoms with E-state index in [1.165, 1.54) is 31.5 Å². The smallest absolute Gasteiger partial charge is 0.475 e. The predicted octanol–water partition coefficient (Wildman–Crippen LogP) is 4.28. The molecule has 2 atom stereocenters. The van der Waals surface area contributed by atoms with Crippen LogP contribution in [0.25, 0.3) is 5.65 Å². The maximum Gasteiger partial charge on any atom is 0.490 e. The summed E-state index contributed by atoms with van der Waals surface area (Å²) in [6.07, 6.45) is 4.24. The van der Waals surface area contributed by atoms with E-state index in [1.54, 1.807) is 12.3 Å². The molecule has 2 N–H and O–H groups in total. The summed E-state index contributed by atoms with van der Waals surface area (Å²) in [7, 11) is 0. The van der Waals surface area contributed by atoms with Gasteiger partial charge in [0.2, 0.25) is 0 Å². The summed E-state index contributed by atoms with van der Waals surface area (Å²) in [4.78, 5) is 31.0. The number of imidazole rings is 1. The van der Waals surface area contributed by atoms with Crippen molar-refractivity contribution in [1.82, 2.24) is 14.3 Å². The van der Waals surface area contributed by atoms with Crippen LogP contribution in [0.5, 0.6) is 0 Å². The lowest BCUT2D eigenvalue weighted by Crippen LogP contribution is -2.39. The summed E-state index contributed by atoms with van der Waals surface area (Å²) in [5.74, 6) is -2.90. The van der Waals surface area contributed by atoms with E-state index in [2.05, 4.69) is 39.2 Å². The van der Waals surface area contributed by atoms with Gasteiger partial charge in [-0.3, -0.25) is 9.69 Å². The number of rotatable bonds is 4. The third-order valence-corrected chi connectivity index (χ3v) is 6.63. The largest absolute Gasteiger partial charge is 0.490 e. The first kappa shape index (κ1) is 25.5. The molecule has 2 aliphatic rings. The minimum atomic E-state index is -5.08. The molecule has 36 heavy (non-hydrogen) atoms. The second-order valence-corrected chi connectivity index (χ2v) is 9.00. The number of nitrogens with zero attached hydrogens (tertiary/aromatic N) is 4. The molecule has 2 aromatic heterocycles. The third kappa shape index (κ3) is 5.78. The van der Waals surface area contributed by atoms with Crippen molar-refractivity contribution in [2.24, 2.45) is 0 Å². The number of anilines is 2. The van der Waals surface area contributed by atoms with Gasteiger partial charge in [-0.15, -0.1) is 0 Å². The van der Waals surface area contributed by atoms with Crippen molar-refractivity contribution in [3.8, 4) is 0 Å². The molecule has 0 aliphatic carbocycles. The molecule has 0 radical (unpaired) electrons. The molecule has 1 aromatic carbocycles. The Labute approximate surface area is 206 Å². The molecule has 4 heterocycles. The van der Waals surface area contributed by atoms with Crippen molar-refractivity contribution in [3.63, 3.8) is 0 Å². The maximum atomic E-state index is 12.7. The average molecular weight is 504 g/mol. The molecule has 8 nitrogen and oxygen atoms in total. The van der Waals surface area contributed by atoms with Crippen LogP contribution in [-0.4, -0.2) is 69.2 Å². The van der Waals surface area contributed by atoms with Gasteiger partial charge in [-0.1, -0.05) is 0 Å². The van der Waals surface area contributed by atoms with Crippen LogP contribution in [0.15, 0.2) is 55.0 Å². The Balaban J connectivity index is 0.000000384. The zero-order valence-electron chi connectivity index (χ0n) is 19.8. The summed E-state index contributed by atoms with van der Waals surface area (Å²) in [6.45, 7) is 5.80. The van der Waals surface area contributed by atoms with Crippen molar-refractivity contribution in [2.45, 2.75) is 44.4 Å². The molecule has 192 valence electrons. The lowest BCUT2D eigenvalue weighted by atomic mass is 10.2. The number of hydrogen-bond donors (Lipinski definition) is 2. The molecule has 2 fully saturated rings. The van der Waals surface area contributed by atoms with Crippen molar-refractivity contribution in [2.75, 3.05) is 29.9 Å². The number of benzene rings is 1. The van der Waals surface area contributed by atoms with Crippen LogP contribution in [0, 0.1) is 0 Å². The number of carboxylic acids is 1. The highest BCUT2D eigenvalue weighted by Crippen LogP contribution is 2.29. The number of pyridine rings is 1. The summed E-state index contributed by atoms with van der Waals surface area (Å²) >= 11 is 0. The van der Waals surface area contributed by atoms with Gasteiger partial charge in [-0.2, -0.15) is 13.2 Å². The molecule has 0 bridgehead atoms. The van der Waals surface area contributed by atoms with Crippen LogP contribution in [0.1, 0.15) is 36.5 Å². The average Bonchev–Trinajstić information content (AvgIpc) is 3.59. The van der Waals surface area contributed by atoms with E-state index in [9.17, 15) is 18.0 Å². The van der Waals surface area contributed by atoms with E-state index >= 15 is 0 Å². The highest BCUT2D eigenvalue weighted by atomic mass is 19.4. The van der Waals surface area contributed by atoms with E-state index in [-0.39, 0.29) is 5.91 Å². The van der Waals surface area contributed by atoms with Crippen molar-refractivity contribution >= 4 is 28.9 Å². The number of likely N-dealkylation sites (tertiary alicyclic amines) is 1. The first-order valence-electron chi connectivity index (χ1n) is 11.8. The fraction of sp³-hybridized carbons (Fsp3) is 0.400. The number of carbonyl (C=O) groups is 2. The number of alkyl halides is 3. The van der Waals surface area contributed by atoms with Gasteiger partial charge in [0.15, 0.2) is 0 Å². The molecular formula is C25H28F3N5O3. The number of carbonyl (C=O) groups excluding carboxylic acids is 1. The quantitative estimate of drug-likeness (QED) is 0.553. The first-order valence-corrected chi connectivity index (χ1v) is 11.8. The topological polar surface area (TPSA) is 90.2 Å². The van der Waals surface area contributed by atoms with Gasteiger partial charge in [0.1, 0.15) is 5.65 Å². The number of nitrogens with one attached hydrogen (secondary N) is 1. The molecule has 1 amide bonds. The van der Waals surface area contributed by atoms with Gasteiger partial charge in [0.25, 0.3) is 5.91 Å². The van der Waals surface area contributed by atoms with Crippen LogP contribution in [0.4, 0.5) is 24.5 Å². The number of aromatic nitrogens is 2. The predicted molar refractivity (Wildman–Crippen MR) is 129 cm³/mol. The number of hydrogen-bond acceptors (Lipinski definition) is 5. The fourth-order valence-electron chi connectivity index (χ4n) is 4.82. The maximum absolute atomic E-state index is 12.7. The normalized spacial score (nSPS) is 20.3. The van der Waals surface area contributed by atoms with Crippen molar-refractivity contribution < 1.29 is 27.9 Å². The van der Waals surface area contributed by atoms with Crippen LogP contribution in [0.3, 0.4) is 0 Å².